The highest BCUT2D eigenvalue weighted by Crippen LogP contribution is 2.60. The third-order valence-electron chi connectivity index (χ3n) is 3.86. The Morgan fingerprint density at radius 3 is 2.34 bits per heavy atom. The summed E-state index contributed by atoms with van der Waals surface area (Å²) in [6, 6.07) is 0.915. The normalized spacial score (nSPS) is 27.5. The molecule has 2 rings (SSSR count). The number of aromatic nitrogens is 2. The van der Waals surface area contributed by atoms with Gasteiger partial charge in [0.2, 0.25) is 5.91 Å². The van der Waals surface area contributed by atoms with E-state index in [9.17, 15) is 52.8 Å². The first-order valence-corrected chi connectivity index (χ1v) is 12.5. The Morgan fingerprint density at radius 1 is 1.19 bits per heavy atom. The van der Waals surface area contributed by atoms with Crippen LogP contribution in [0.15, 0.2) is 21.9 Å². The molecule has 182 valence electrons. The summed E-state index contributed by atoms with van der Waals surface area (Å²) in [5.74, 6) is -2.18. The quantitative estimate of drug-likeness (QED) is 0.243. The van der Waals surface area contributed by atoms with E-state index >= 15 is 0 Å². The summed E-state index contributed by atoms with van der Waals surface area (Å²) in [5, 5.41) is 10.4. The minimum atomic E-state index is -6.20. The first-order chi connectivity index (χ1) is 14.5. The summed E-state index contributed by atoms with van der Waals surface area (Å²) in [4.78, 5) is 79.8. The molecule has 1 aliphatic heterocycles. The number of aliphatic hydroxyl groups is 1. The number of phosphoric ester groups is 1. The number of aromatic amines is 1. The molecule has 0 spiro atoms. The number of amides is 1. The second kappa shape index (κ2) is 9.77. The van der Waals surface area contributed by atoms with Crippen molar-refractivity contribution in [3.8, 4) is 0 Å². The van der Waals surface area contributed by atoms with Crippen molar-refractivity contribution in [2.75, 3.05) is 6.61 Å². The van der Waals surface area contributed by atoms with Crippen LogP contribution in [0, 0.1) is 5.92 Å². The Morgan fingerprint density at radius 2 is 1.81 bits per heavy atom. The van der Waals surface area contributed by atoms with E-state index in [1.807, 2.05) is 4.98 Å². The van der Waals surface area contributed by atoms with E-state index in [4.69, 9.17) is 10.5 Å². The molecule has 1 aliphatic rings. The van der Waals surface area contributed by atoms with Crippen LogP contribution < -0.4 is 36.6 Å². The zero-order chi connectivity index (χ0) is 24.5. The summed E-state index contributed by atoms with van der Waals surface area (Å²) in [5.41, 5.74) is 3.32. The van der Waals surface area contributed by atoms with Crippen LogP contribution in [0.3, 0.4) is 0 Å². The van der Waals surface area contributed by atoms with Gasteiger partial charge in [-0.25, -0.2) is 9.11 Å². The fourth-order valence-electron chi connectivity index (χ4n) is 2.74. The average molecular weight is 521 g/mol. The van der Waals surface area contributed by atoms with Gasteiger partial charge in [0.15, 0.2) is 0 Å². The van der Waals surface area contributed by atoms with Crippen LogP contribution in [0.1, 0.15) is 12.6 Å². The number of carbonyl (C=O) groups is 1. The Bertz CT molecular complexity index is 1110. The van der Waals surface area contributed by atoms with Crippen LogP contribution in [0.5, 0.6) is 0 Å². The van der Waals surface area contributed by atoms with Gasteiger partial charge in [-0.1, -0.05) is 0 Å². The molecule has 0 saturated carbocycles. The highest BCUT2D eigenvalue weighted by molar-refractivity contribution is 7.64. The van der Waals surface area contributed by atoms with Crippen molar-refractivity contribution in [3.05, 3.63) is 33.1 Å². The number of hydrogen-bond acceptors (Lipinski definition) is 15. The number of primary amides is 1. The van der Waals surface area contributed by atoms with Crippen molar-refractivity contribution in [2.45, 2.75) is 24.9 Å². The number of hydrogen-bond donors (Lipinski definition) is 3. The topological polar surface area (TPSA) is 299 Å². The molecular weight excluding hydrogens is 507 g/mol. The van der Waals surface area contributed by atoms with Crippen LogP contribution >= 0.6 is 23.5 Å². The van der Waals surface area contributed by atoms with Gasteiger partial charge in [0, 0.05) is 24.6 Å². The second-order valence-electron chi connectivity index (χ2n) is 6.21. The van der Waals surface area contributed by atoms with Crippen molar-refractivity contribution in [1.29, 1.82) is 0 Å². The largest absolute Gasteiger partial charge is 0.790 e. The van der Waals surface area contributed by atoms with Gasteiger partial charge >= 0.3 is 5.69 Å². The molecule has 4 N–H and O–H groups in total. The summed E-state index contributed by atoms with van der Waals surface area (Å²) in [6.45, 7) is -1.15. The van der Waals surface area contributed by atoms with Crippen LogP contribution in [0.4, 0.5) is 0 Å². The molecule has 6 atom stereocenters. The zero-order valence-corrected chi connectivity index (χ0v) is 18.1. The number of rotatable bonds is 10. The predicted octanol–water partition coefficient (Wildman–Crippen LogP) is -4.90. The number of ether oxygens (including phenoxy) is 1. The average Bonchev–Trinajstić information content (AvgIpc) is 2.85. The van der Waals surface area contributed by atoms with Crippen LogP contribution in [0.2, 0.25) is 0 Å². The van der Waals surface area contributed by atoms with Crippen molar-refractivity contribution in [1.82, 2.24) is 9.55 Å². The molecule has 32 heavy (non-hydrogen) atoms. The first kappa shape index (κ1) is 26.7. The fourth-order valence-corrected chi connectivity index (χ4v) is 5.61. The third-order valence-corrected chi connectivity index (χ3v) is 7.52. The number of H-pyrrole nitrogens is 1. The molecule has 1 amide bonds. The van der Waals surface area contributed by atoms with Gasteiger partial charge in [-0.05, 0) is 0 Å². The molecule has 1 saturated heterocycles. The summed E-state index contributed by atoms with van der Waals surface area (Å²) in [6.07, 6.45) is -4.36. The minimum absolute atomic E-state index is 0.564. The molecule has 2 unspecified atom stereocenters. The lowest BCUT2D eigenvalue weighted by Crippen LogP contribution is -2.36. The van der Waals surface area contributed by atoms with Crippen molar-refractivity contribution in [2.24, 2.45) is 11.7 Å². The molecule has 18 nitrogen and oxygen atoms in total. The van der Waals surface area contributed by atoms with Gasteiger partial charge in [0.25, 0.3) is 21.2 Å². The monoisotopic (exact) mass is 521 g/mol. The van der Waals surface area contributed by atoms with E-state index in [-0.39, 0.29) is 0 Å². The maximum atomic E-state index is 12.0. The van der Waals surface area contributed by atoms with E-state index in [0.29, 0.717) is 0 Å². The maximum absolute atomic E-state index is 12.0. The van der Waals surface area contributed by atoms with Crippen LogP contribution in [0.25, 0.3) is 0 Å². The molecule has 0 radical (unpaired) electrons. The van der Waals surface area contributed by atoms with Crippen molar-refractivity contribution >= 4 is 29.4 Å². The van der Waals surface area contributed by atoms with Crippen molar-refractivity contribution in [3.63, 3.8) is 0 Å². The van der Waals surface area contributed by atoms with Crippen molar-refractivity contribution < 1.29 is 61.1 Å². The predicted molar refractivity (Wildman–Crippen MR) is 89.5 cm³/mol. The molecule has 1 aromatic heterocycles. The lowest BCUT2D eigenvalue weighted by molar-refractivity contribution is -0.339. The van der Waals surface area contributed by atoms with E-state index < -0.39 is 78.0 Å². The summed E-state index contributed by atoms with van der Waals surface area (Å²) < 4.78 is 49.8. The second-order valence-corrected chi connectivity index (χ2v) is 10.5. The molecule has 1 fully saturated rings. The smallest absolute Gasteiger partial charge is 0.330 e. The lowest BCUT2D eigenvalue weighted by Gasteiger charge is -2.37. The number of nitrogens with two attached hydrogens (primary N) is 1. The number of nitrogens with one attached hydrogen (secondary N) is 1. The highest BCUT2D eigenvalue weighted by atomic mass is 31.3. The van der Waals surface area contributed by atoms with Gasteiger partial charge < -0.3 is 44.2 Å². The first-order valence-electron chi connectivity index (χ1n) is 8.14. The standard InChI is InChI=1S/C11H18N3O15P3/c12-7(15)3-5-9(17)6(27-10(5)14-2-1-8(16)13-11(14)18)4-26-31(22,23)29-32(24,25)28-30(19,20)21/h1-2,5-6,9-10,17H,3-4H2,(H2,12,15)(H,22,23)(H,24,25)(H,13,16,18)(H2,19,20,21)/p-4/t5-,6-,9+,10-/m1/s1. The Labute approximate surface area is 177 Å². The number of phosphoric acid groups is 3. The van der Waals surface area contributed by atoms with Gasteiger partial charge in [0.05, 0.1) is 20.5 Å². The zero-order valence-electron chi connectivity index (χ0n) is 15.4. The fraction of sp³-hybridized carbons (Fsp3) is 0.545. The van der Waals surface area contributed by atoms with Crippen LogP contribution in [-0.4, -0.2) is 39.4 Å². The SMILES string of the molecule is NC(=O)C[C@@H]1[C@H](O)[C@@H](COP(=O)([O-])OP(=O)([O-])OP(=O)([O-])[O-])O[C@H]1n1ccc(=O)[nH]c1=O. The number of carbonyl (C=O) groups excluding carboxylic acids is 1. The molecule has 0 aliphatic carbocycles. The van der Waals surface area contributed by atoms with E-state index in [1.165, 1.54) is 0 Å². The minimum Gasteiger partial charge on any atom is -0.790 e. The Hall–Kier alpha value is -1.52. The molecule has 1 aromatic rings. The molecule has 2 heterocycles. The molecule has 21 heteroatoms. The third kappa shape index (κ3) is 7.52. The number of aliphatic hydroxyl groups excluding tert-OH is 1. The van der Waals surface area contributed by atoms with Gasteiger partial charge in [0.1, 0.15) is 12.3 Å². The molecule has 0 aromatic carbocycles. The van der Waals surface area contributed by atoms with Gasteiger partial charge in [-0.3, -0.25) is 32.6 Å². The Balaban J connectivity index is 2.17. The number of nitrogens with zero attached hydrogens (tertiary/aromatic N) is 1. The molecule has 0 bridgehead atoms. The Kier molecular flexibility index (Phi) is 8.16. The van der Waals surface area contributed by atoms with Gasteiger partial charge in [-0.15, -0.1) is 0 Å². The maximum Gasteiger partial charge on any atom is 0.330 e. The highest BCUT2D eigenvalue weighted by Gasteiger charge is 2.46. The van der Waals surface area contributed by atoms with E-state index in [2.05, 4.69) is 13.1 Å². The van der Waals surface area contributed by atoms with Crippen LogP contribution in [-0.2, 0) is 36.4 Å². The van der Waals surface area contributed by atoms with E-state index in [0.717, 1.165) is 16.8 Å². The van der Waals surface area contributed by atoms with E-state index in [1.54, 1.807) is 0 Å². The van der Waals surface area contributed by atoms with Gasteiger partial charge in [-0.2, -0.15) is 0 Å². The molecular formula is C11H14N3O15P3-4. The summed E-state index contributed by atoms with van der Waals surface area (Å²) >= 11 is 0. The summed E-state index contributed by atoms with van der Waals surface area (Å²) in [7, 11) is -18.3. The lowest BCUT2D eigenvalue weighted by atomic mass is 9.96.